The third kappa shape index (κ3) is 5.60. The van der Waals surface area contributed by atoms with Crippen LogP contribution in [0.15, 0.2) is 72.9 Å². The molecule has 4 aromatic rings. The molecule has 9 nitrogen and oxygen atoms in total. The van der Waals surface area contributed by atoms with Crippen LogP contribution in [0.5, 0.6) is 23.0 Å². The molecule has 6 rings (SSSR count). The fourth-order valence-electron chi connectivity index (χ4n) is 5.82. The Morgan fingerprint density at radius 1 is 0.907 bits per heavy atom. The summed E-state index contributed by atoms with van der Waals surface area (Å²) in [5.41, 5.74) is 7.74. The third-order valence-electron chi connectivity index (χ3n) is 8.44. The number of nitrogens with two attached hydrogens (primary N) is 1. The first-order valence-electron chi connectivity index (χ1n) is 14.7. The number of aromatic nitrogens is 1. The molecule has 222 valence electrons. The first-order valence-corrected chi connectivity index (χ1v) is 14.7. The maximum absolute atomic E-state index is 14.1. The lowest BCUT2D eigenvalue weighted by atomic mass is 10.0. The summed E-state index contributed by atoms with van der Waals surface area (Å²) in [5, 5.41) is 0.768. The number of ether oxygens (including phenoxy) is 3. The fraction of sp³-hybridized carbons (Fsp3) is 0.324. The summed E-state index contributed by atoms with van der Waals surface area (Å²) >= 11 is 0. The number of carbonyl (C=O) groups excluding carboxylic acids is 2. The van der Waals surface area contributed by atoms with Crippen molar-refractivity contribution in [1.29, 1.82) is 0 Å². The molecule has 2 N–H and O–H groups in total. The zero-order valence-corrected chi connectivity index (χ0v) is 24.5. The lowest BCUT2D eigenvalue weighted by Gasteiger charge is -2.31. The molecule has 0 radical (unpaired) electrons. The van der Waals surface area contributed by atoms with Crippen LogP contribution in [0.4, 0.5) is 11.4 Å². The zero-order chi connectivity index (χ0) is 30.0. The number of nitrogens with zero attached hydrogens (tertiary/aromatic N) is 3. The van der Waals surface area contributed by atoms with Crippen molar-refractivity contribution < 1.29 is 23.8 Å². The normalized spacial score (nSPS) is 16.0. The fourth-order valence-corrected chi connectivity index (χ4v) is 5.82. The van der Waals surface area contributed by atoms with Gasteiger partial charge in [0.05, 0.1) is 25.4 Å². The summed E-state index contributed by atoms with van der Waals surface area (Å²) in [6.45, 7) is 2.79. The molecule has 1 aliphatic carbocycles. The van der Waals surface area contributed by atoms with Crippen LogP contribution >= 0.6 is 0 Å². The highest BCUT2D eigenvalue weighted by Crippen LogP contribution is 2.49. The molecule has 2 fully saturated rings. The van der Waals surface area contributed by atoms with Gasteiger partial charge in [-0.3, -0.25) is 24.4 Å². The van der Waals surface area contributed by atoms with Crippen LogP contribution in [0.25, 0.3) is 10.9 Å². The van der Waals surface area contributed by atoms with Crippen molar-refractivity contribution in [1.82, 2.24) is 9.88 Å². The summed E-state index contributed by atoms with van der Waals surface area (Å²) in [6.07, 6.45) is 6.17. The number of likely N-dealkylation sites (tertiary alicyclic amines) is 1. The molecule has 0 unspecified atom stereocenters. The molecule has 2 heterocycles. The standard InChI is InChI=1S/C34H36N4O5/c1-41-30-20-26-27(21-31(30)42-2)36-17-14-29(26)43-25-12-10-24(11-13-25)38(33(40)34(15-16-34)32(35)39)28-9-5-4-8-23(28)22-37-18-6-3-7-19-37/h4-5,8-14,17,20-21H,3,6-7,15-16,18-19,22H2,1-2H3,(H2,35,39). The number of methoxy groups -OCH3 is 2. The number of piperidine rings is 1. The Morgan fingerprint density at radius 2 is 1.60 bits per heavy atom. The highest BCUT2D eigenvalue weighted by Gasteiger charge is 2.57. The number of amides is 2. The zero-order valence-electron chi connectivity index (χ0n) is 24.5. The number of fused-ring (bicyclic) bond motifs is 1. The van der Waals surface area contributed by atoms with Gasteiger partial charge in [-0.2, -0.15) is 0 Å². The van der Waals surface area contributed by atoms with Crippen LogP contribution in [0.2, 0.25) is 0 Å². The number of benzene rings is 3. The van der Waals surface area contributed by atoms with E-state index in [1.54, 1.807) is 37.4 Å². The lowest BCUT2D eigenvalue weighted by molar-refractivity contribution is -0.133. The van der Waals surface area contributed by atoms with Gasteiger partial charge in [-0.15, -0.1) is 0 Å². The Labute approximate surface area is 251 Å². The third-order valence-corrected chi connectivity index (χ3v) is 8.44. The summed E-state index contributed by atoms with van der Waals surface area (Å²) in [5.74, 6) is 1.47. The van der Waals surface area contributed by atoms with Gasteiger partial charge in [-0.1, -0.05) is 24.6 Å². The summed E-state index contributed by atoms with van der Waals surface area (Å²) in [6, 6.07) is 20.7. The van der Waals surface area contributed by atoms with Gasteiger partial charge >= 0.3 is 0 Å². The average Bonchev–Trinajstić information content (AvgIpc) is 3.85. The minimum absolute atomic E-state index is 0.291. The number of anilines is 2. The Balaban J connectivity index is 1.34. The topological polar surface area (TPSA) is 107 Å². The van der Waals surface area contributed by atoms with Gasteiger partial charge in [-0.05, 0) is 86.8 Å². The van der Waals surface area contributed by atoms with Crippen molar-refractivity contribution in [2.24, 2.45) is 11.1 Å². The first kappa shape index (κ1) is 28.5. The monoisotopic (exact) mass is 580 g/mol. The maximum Gasteiger partial charge on any atom is 0.247 e. The molecule has 0 spiro atoms. The molecule has 9 heteroatoms. The van der Waals surface area contributed by atoms with Gasteiger partial charge in [0, 0.05) is 29.9 Å². The van der Waals surface area contributed by atoms with Crippen LogP contribution in [-0.4, -0.2) is 49.0 Å². The second-order valence-electron chi connectivity index (χ2n) is 11.2. The number of primary amides is 1. The first-order chi connectivity index (χ1) is 20.9. The number of carbonyl (C=O) groups is 2. The van der Waals surface area contributed by atoms with E-state index in [4.69, 9.17) is 19.9 Å². The highest BCUT2D eigenvalue weighted by atomic mass is 16.5. The van der Waals surface area contributed by atoms with Gasteiger partial charge in [0.15, 0.2) is 11.5 Å². The maximum atomic E-state index is 14.1. The van der Waals surface area contributed by atoms with E-state index in [0.717, 1.165) is 36.3 Å². The van der Waals surface area contributed by atoms with Gasteiger partial charge in [0.25, 0.3) is 0 Å². The second kappa shape index (κ2) is 11.9. The van der Waals surface area contributed by atoms with Crippen LogP contribution in [0.1, 0.15) is 37.7 Å². The Hall–Kier alpha value is -4.63. The van der Waals surface area contributed by atoms with Gasteiger partial charge < -0.3 is 19.9 Å². The minimum atomic E-state index is -1.18. The highest BCUT2D eigenvalue weighted by molar-refractivity contribution is 6.16. The summed E-state index contributed by atoms with van der Waals surface area (Å²) < 4.78 is 17.2. The van der Waals surface area contributed by atoms with E-state index in [-0.39, 0.29) is 5.91 Å². The van der Waals surface area contributed by atoms with Crippen molar-refractivity contribution in [3.05, 3.63) is 78.5 Å². The Kier molecular flexibility index (Phi) is 7.90. The van der Waals surface area contributed by atoms with E-state index in [1.807, 2.05) is 48.5 Å². The van der Waals surface area contributed by atoms with E-state index < -0.39 is 11.3 Å². The molecule has 0 atom stereocenters. The van der Waals surface area contributed by atoms with E-state index in [9.17, 15) is 9.59 Å². The molecule has 0 bridgehead atoms. The van der Waals surface area contributed by atoms with Crippen molar-refractivity contribution in [2.75, 3.05) is 32.2 Å². The number of para-hydroxylation sites is 1. The van der Waals surface area contributed by atoms with Crippen LogP contribution in [-0.2, 0) is 16.1 Å². The molecular formula is C34H36N4O5. The molecular weight excluding hydrogens is 544 g/mol. The van der Waals surface area contributed by atoms with Crippen LogP contribution in [0.3, 0.4) is 0 Å². The van der Waals surface area contributed by atoms with Crippen molar-refractivity contribution in [3.8, 4) is 23.0 Å². The van der Waals surface area contributed by atoms with Crippen LogP contribution < -0.4 is 24.8 Å². The van der Waals surface area contributed by atoms with E-state index >= 15 is 0 Å². The van der Waals surface area contributed by atoms with Crippen molar-refractivity contribution in [2.45, 2.75) is 38.6 Å². The van der Waals surface area contributed by atoms with Gasteiger partial charge in [-0.25, -0.2) is 0 Å². The van der Waals surface area contributed by atoms with Crippen molar-refractivity contribution >= 4 is 34.1 Å². The molecule has 1 aromatic heterocycles. The van der Waals surface area contributed by atoms with Crippen LogP contribution in [0, 0.1) is 5.41 Å². The van der Waals surface area contributed by atoms with Gasteiger partial charge in [0.2, 0.25) is 11.8 Å². The molecule has 43 heavy (non-hydrogen) atoms. The average molecular weight is 581 g/mol. The SMILES string of the molecule is COc1cc2nccc(Oc3ccc(N(C(=O)C4(C(N)=O)CC4)c4ccccc4CN4CCCCC4)cc3)c2cc1OC. The molecule has 1 saturated carbocycles. The van der Waals surface area contributed by atoms with Crippen molar-refractivity contribution in [3.63, 3.8) is 0 Å². The van der Waals surface area contributed by atoms with E-state index in [1.165, 1.54) is 19.3 Å². The number of pyridine rings is 1. The number of hydrogen-bond donors (Lipinski definition) is 1. The smallest absolute Gasteiger partial charge is 0.247 e. The second-order valence-corrected chi connectivity index (χ2v) is 11.2. The summed E-state index contributed by atoms with van der Waals surface area (Å²) in [4.78, 5) is 35.1. The van der Waals surface area contributed by atoms with E-state index in [2.05, 4.69) is 16.0 Å². The minimum Gasteiger partial charge on any atom is -0.493 e. The Morgan fingerprint density at radius 3 is 2.28 bits per heavy atom. The summed E-state index contributed by atoms with van der Waals surface area (Å²) in [7, 11) is 3.17. The van der Waals surface area contributed by atoms with E-state index in [0.29, 0.717) is 47.0 Å². The lowest BCUT2D eigenvalue weighted by Crippen LogP contribution is -2.42. The quantitative estimate of drug-likeness (QED) is 0.231. The molecule has 1 saturated heterocycles. The molecule has 2 amide bonds. The molecule has 3 aromatic carbocycles. The number of rotatable bonds is 10. The predicted molar refractivity (Wildman–Crippen MR) is 165 cm³/mol. The largest absolute Gasteiger partial charge is 0.493 e. The predicted octanol–water partition coefficient (Wildman–Crippen LogP) is 5.96. The van der Waals surface area contributed by atoms with Gasteiger partial charge in [0.1, 0.15) is 16.9 Å². The molecule has 1 aliphatic heterocycles. The number of hydrogen-bond acceptors (Lipinski definition) is 7. The molecule has 2 aliphatic rings. The Bertz CT molecular complexity index is 1640.